The molecule has 1 aliphatic carbocycles. The SMILES string of the molecule is C[C@H](N)C(=O)N1C[C@H]2CCC[C@]2(CO)C1. The van der Waals surface area contributed by atoms with Gasteiger partial charge in [0, 0.05) is 18.5 Å². The molecule has 0 radical (unpaired) electrons. The molecule has 3 N–H and O–H groups in total. The van der Waals surface area contributed by atoms with Gasteiger partial charge in [-0.05, 0) is 25.7 Å². The van der Waals surface area contributed by atoms with Crippen LogP contribution in [0.15, 0.2) is 0 Å². The van der Waals surface area contributed by atoms with E-state index in [-0.39, 0.29) is 17.9 Å². The number of nitrogens with zero attached hydrogens (tertiary/aromatic N) is 1. The number of aliphatic hydroxyl groups is 1. The van der Waals surface area contributed by atoms with Gasteiger partial charge in [0.15, 0.2) is 0 Å². The monoisotopic (exact) mass is 212 g/mol. The Balaban J connectivity index is 2.08. The predicted molar refractivity (Wildman–Crippen MR) is 57.1 cm³/mol. The van der Waals surface area contributed by atoms with Gasteiger partial charge in [-0.1, -0.05) is 6.42 Å². The van der Waals surface area contributed by atoms with Gasteiger partial charge in [-0.15, -0.1) is 0 Å². The maximum atomic E-state index is 11.8. The van der Waals surface area contributed by atoms with Crippen LogP contribution in [0.1, 0.15) is 26.2 Å². The Kier molecular flexibility index (Phi) is 2.73. The molecule has 1 saturated carbocycles. The van der Waals surface area contributed by atoms with Crippen molar-refractivity contribution in [1.82, 2.24) is 4.90 Å². The van der Waals surface area contributed by atoms with Crippen molar-refractivity contribution in [2.45, 2.75) is 32.2 Å². The molecule has 0 spiro atoms. The molecule has 3 atom stereocenters. The largest absolute Gasteiger partial charge is 0.396 e. The van der Waals surface area contributed by atoms with Crippen LogP contribution < -0.4 is 5.73 Å². The van der Waals surface area contributed by atoms with Gasteiger partial charge in [0.2, 0.25) is 5.91 Å². The number of rotatable bonds is 2. The molecule has 86 valence electrons. The number of fused-ring (bicyclic) bond motifs is 1. The van der Waals surface area contributed by atoms with E-state index in [0.29, 0.717) is 12.5 Å². The molecule has 4 heteroatoms. The van der Waals surface area contributed by atoms with Crippen LogP contribution in [0.4, 0.5) is 0 Å². The average Bonchev–Trinajstić information content (AvgIpc) is 2.72. The molecule has 0 bridgehead atoms. The van der Waals surface area contributed by atoms with Gasteiger partial charge in [0.05, 0.1) is 12.6 Å². The van der Waals surface area contributed by atoms with E-state index < -0.39 is 6.04 Å². The van der Waals surface area contributed by atoms with E-state index in [9.17, 15) is 9.90 Å². The fourth-order valence-corrected chi connectivity index (χ4v) is 3.13. The lowest BCUT2D eigenvalue weighted by molar-refractivity contribution is -0.131. The van der Waals surface area contributed by atoms with Gasteiger partial charge in [0.25, 0.3) is 0 Å². The molecule has 2 rings (SSSR count). The molecule has 2 fully saturated rings. The van der Waals surface area contributed by atoms with Gasteiger partial charge in [0.1, 0.15) is 0 Å². The Bertz CT molecular complexity index is 267. The molecule has 1 heterocycles. The first kappa shape index (κ1) is 10.9. The van der Waals surface area contributed by atoms with Crippen molar-refractivity contribution in [2.24, 2.45) is 17.1 Å². The number of hydrogen-bond donors (Lipinski definition) is 2. The second-order valence-electron chi connectivity index (χ2n) is 5.12. The highest BCUT2D eigenvalue weighted by Gasteiger charge is 2.50. The highest BCUT2D eigenvalue weighted by Crippen LogP contribution is 2.48. The number of carbonyl (C=O) groups is 1. The molecule has 0 aromatic carbocycles. The van der Waals surface area contributed by atoms with Gasteiger partial charge in [-0.2, -0.15) is 0 Å². The number of likely N-dealkylation sites (tertiary alicyclic amines) is 1. The molecule has 0 aromatic heterocycles. The minimum absolute atomic E-state index is 0.00937. The van der Waals surface area contributed by atoms with Crippen molar-refractivity contribution in [1.29, 1.82) is 0 Å². The maximum Gasteiger partial charge on any atom is 0.239 e. The van der Waals surface area contributed by atoms with Crippen LogP contribution in [-0.4, -0.2) is 41.7 Å². The summed E-state index contributed by atoms with van der Waals surface area (Å²) in [5.41, 5.74) is 5.59. The Labute approximate surface area is 90.4 Å². The molecule has 0 unspecified atom stereocenters. The lowest BCUT2D eigenvalue weighted by Gasteiger charge is -2.26. The molecule has 4 nitrogen and oxygen atoms in total. The van der Waals surface area contributed by atoms with Crippen molar-refractivity contribution >= 4 is 5.91 Å². The van der Waals surface area contributed by atoms with E-state index in [1.54, 1.807) is 6.92 Å². The summed E-state index contributed by atoms with van der Waals surface area (Å²) in [6, 6.07) is -0.417. The minimum atomic E-state index is -0.417. The molecule has 1 amide bonds. The smallest absolute Gasteiger partial charge is 0.239 e. The molecule has 2 aliphatic rings. The number of aliphatic hydroxyl groups excluding tert-OH is 1. The Morgan fingerprint density at radius 1 is 1.73 bits per heavy atom. The van der Waals surface area contributed by atoms with Crippen molar-refractivity contribution < 1.29 is 9.90 Å². The third-order valence-corrected chi connectivity index (χ3v) is 4.06. The first-order valence-electron chi connectivity index (χ1n) is 5.74. The van der Waals surface area contributed by atoms with Crippen molar-refractivity contribution in [3.8, 4) is 0 Å². The highest BCUT2D eigenvalue weighted by molar-refractivity contribution is 5.81. The zero-order valence-corrected chi connectivity index (χ0v) is 9.28. The first-order valence-corrected chi connectivity index (χ1v) is 5.74. The predicted octanol–water partition coefficient (Wildman–Crippen LogP) is -0.0454. The quantitative estimate of drug-likeness (QED) is 0.674. The summed E-state index contributed by atoms with van der Waals surface area (Å²) in [6.07, 6.45) is 3.38. The summed E-state index contributed by atoms with van der Waals surface area (Å²) in [5.74, 6) is 0.516. The van der Waals surface area contributed by atoms with E-state index in [1.165, 1.54) is 6.42 Å². The van der Waals surface area contributed by atoms with Crippen LogP contribution in [0.3, 0.4) is 0 Å². The van der Waals surface area contributed by atoms with Gasteiger partial charge >= 0.3 is 0 Å². The van der Waals surface area contributed by atoms with E-state index in [2.05, 4.69) is 0 Å². The summed E-state index contributed by atoms with van der Waals surface area (Å²) in [7, 11) is 0. The molecular weight excluding hydrogens is 192 g/mol. The summed E-state index contributed by atoms with van der Waals surface area (Å²) in [4.78, 5) is 13.6. The van der Waals surface area contributed by atoms with E-state index in [1.807, 2.05) is 4.90 Å². The third-order valence-electron chi connectivity index (χ3n) is 4.06. The highest BCUT2D eigenvalue weighted by atomic mass is 16.3. The van der Waals surface area contributed by atoms with Crippen LogP contribution in [0.25, 0.3) is 0 Å². The first-order chi connectivity index (χ1) is 7.09. The Morgan fingerprint density at radius 3 is 3.00 bits per heavy atom. The Hall–Kier alpha value is -0.610. The fourth-order valence-electron chi connectivity index (χ4n) is 3.13. The van der Waals surface area contributed by atoms with Crippen molar-refractivity contribution in [3.05, 3.63) is 0 Å². The van der Waals surface area contributed by atoms with Crippen molar-refractivity contribution in [3.63, 3.8) is 0 Å². The van der Waals surface area contributed by atoms with Crippen LogP contribution in [-0.2, 0) is 4.79 Å². The molecule has 1 aliphatic heterocycles. The standard InChI is InChI=1S/C11H20N2O2/c1-8(12)10(15)13-5-9-3-2-4-11(9,6-13)7-14/h8-9,14H,2-7,12H2,1H3/t8-,9+,11+/m0/s1. The number of nitrogens with two attached hydrogens (primary N) is 1. The van der Waals surface area contributed by atoms with Gasteiger partial charge in [-0.3, -0.25) is 4.79 Å². The van der Waals surface area contributed by atoms with E-state index in [4.69, 9.17) is 5.73 Å². The summed E-state index contributed by atoms with van der Waals surface area (Å²) < 4.78 is 0. The zero-order valence-electron chi connectivity index (χ0n) is 9.28. The second-order valence-corrected chi connectivity index (χ2v) is 5.12. The summed E-state index contributed by atoms with van der Waals surface area (Å²) in [6.45, 7) is 3.43. The van der Waals surface area contributed by atoms with Crippen LogP contribution in [0.2, 0.25) is 0 Å². The third kappa shape index (κ3) is 1.66. The zero-order chi connectivity index (χ0) is 11.1. The Morgan fingerprint density at radius 2 is 2.47 bits per heavy atom. The number of amides is 1. The summed E-state index contributed by atoms with van der Waals surface area (Å²) in [5, 5.41) is 9.50. The molecule has 0 aromatic rings. The van der Waals surface area contributed by atoms with Gasteiger partial charge in [-0.25, -0.2) is 0 Å². The van der Waals surface area contributed by atoms with Crippen LogP contribution >= 0.6 is 0 Å². The fraction of sp³-hybridized carbons (Fsp3) is 0.909. The maximum absolute atomic E-state index is 11.8. The average molecular weight is 212 g/mol. The molecule has 1 saturated heterocycles. The van der Waals surface area contributed by atoms with Crippen LogP contribution in [0, 0.1) is 11.3 Å². The van der Waals surface area contributed by atoms with Gasteiger partial charge < -0.3 is 15.7 Å². The second kappa shape index (κ2) is 3.76. The van der Waals surface area contributed by atoms with E-state index >= 15 is 0 Å². The normalized spacial score (nSPS) is 36.7. The summed E-state index contributed by atoms with van der Waals surface area (Å²) >= 11 is 0. The van der Waals surface area contributed by atoms with Crippen LogP contribution in [0.5, 0.6) is 0 Å². The topological polar surface area (TPSA) is 66.6 Å². The lowest BCUT2D eigenvalue weighted by atomic mass is 9.82. The molecule has 15 heavy (non-hydrogen) atoms. The molecular formula is C11H20N2O2. The van der Waals surface area contributed by atoms with Crippen molar-refractivity contribution in [2.75, 3.05) is 19.7 Å². The van der Waals surface area contributed by atoms with E-state index in [0.717, 1.165) is 19.4 Å². The number of hydrogen-bond acceptors (Lipinski definition) is 3. The number of carbonyl (C=O) groups excluding carboxylic acids is 1. The minimum Gasteiger partial charge on any atom is -0.396 e. The lowest BCUT2D eigenvalue weighted by Crippen LogP contribution is -2.42.